The molecule has 0 bridgehead atoms. The average molecular weight is 218 g/mol. The van der Waals surface area contributed by atoms with Gasteiger partial charge in [0.2, 0.25) is 0 Å². The zero-order chi connectivity index (χ0) is 10.3. The van der Waals surface area contributed by atoms with Crippen LogP contribution in [-0.4, -0.2) is 0 Å². The van der Waals surface area contributed by atoms with Crippen LogP contribution >= 0.6 is 11.6 Å². The number of hydrogen-bond acceptors (Lipinski definition) is 1. The fraction of sp³-hybridized carbons (Fsp3) is 0.400. The molecular formula is C10H10ClF2N. The quantitative estimate of drug-likeness (QED) is 0.720. The number of rotatable bonds is 1. The molecule has 0 amide bonds. The van der Waals surface area contributed by atoms with Crippen LogP contribution in [0.1, 0.15) is 24.8 Å². The van der Waals surface area contributed by atoms with E-state index in [0.29, 0.717) is 12.8 Å². The van der Waals surface area contributed by atoms with Gasteiger partial charge in [0.1, 0.15) is 11.6 Å². The van der Waals surface area contributed by atoms with Crippen molar-refractivity contribution in [2.45, 2.75) is 24.8 Å². The molecule has 2 rings (SSSR count). The first-order chi connectivity index (χ1) is 6.54. The van der Waals surface area contributed by atoms with E-state index in [-0.39, 0.29) is 10.6 Å². The van der Waals surface area contributed by atoms with Crippen LogP contribution in [0, 0.1) is 11.6 Å². The van der Waals surface area contributed by atoms with Gasteiger partial charge in [-0.05, 0) is 31.4 Å². The van der Waals surface area contributed by atoms with Crippen LogP contribution in [0.15, 0.2) is 12.1 Å². The second-order valence-corrected chi connectivity index (χ2v) is 4.11. The smallest absolute Gasteiger partial charge is 0.142 e. The molecule has 2 N–H and O–H groups in total. The Morgan fingerprint density at radius 2 is 1.79 bits per heavy atom. The van der Waals surface area contributed by atoms with Gasteiger partial charge >= 0.3 is 0 Å². The lowest BCUT2D eigenvalue weighted by Gasteiger charge is -2.39. The molecule has 14 heavy (non-hydrogen) atoms. The molecule has 0 aromatic heterocycles. The van der Waals surface area contributed by atoms with Crippen LogP contribution in [0.5, 0.6) is 0 Å². The molecule has 1 aromatic carbocycles. The van der Waals surface area contributed by atoms with E-state index in [2.05, 4.69) is 0 Å². The zero-order valence-corrected chi connectivity index (χ0v) is 8.24. The van der Waals surface area contributed by atoms with Crippen molar-refractivity contribution in [3.05, 3.63) is 34.4 Å². The molecular weight excluding hydrogens is 208 g/mol. The predicted octanol–water partition coefficient (Wildman–Crippen LogP) is 2.96. The van der Waals surface area contributed by atoms with Gasteiger partial charge < -0.3 is 5.73 Å². The van der Waals surface area contributed by atoms with Gasteiger partial charge in [-0.1, -0.05) is 11.6 Å². The maximum Gasteiger partial charge on any atom is 0.142 e. The third-order valence-corrected chi connectivity index (χ3v) is 3.16. The van der Waals surface area contributed by atoms with Gasteiger partial charge in [-0.25, -0.2) is 8.78 Å². The van der Waals surface area contributed by atoms with Gasteiger partial charge in [0.15, 0.2) is 0 Å². The summed E-state index contributed by atoms with van der Waals surface area (Å²) in [6, 6.07) is 2.09. The molecule has 4 heteroatoms. The number of nitrogens with two attached hydrogens (primary N) is 1. The highest BCUT2D eigenvalue weighted by atomic mass is 35.5. The number of benzene rings is 1. The van der Waals surface area contributed by atoms with Crippen molar-refractivity contribution in [3.63, 3.8) is 0 Å². The molecule has 1 aromatic rings. The fourth-order valence-corrected chi connectivity index (χ4v) is 2.13. The molecule has 1 saturated carbocycles. The van der Waals surface area contributed by atoms with Gasteiger partial charge in [-0.3, -0.25) is 0 Å². The Labute approximate surface area is 85.9 Å². The van der Waals surface area contributed by atoms with E-state index in [4.69, 9.17) is 17.3 Å². The molecule has 0 spiro atoms. The second kappa shape index (κ2) is 3.17. The maximum absolute atomic E-state index is 13.4. The van der Waals surface area contributed by atoms with Crippen LogP contribution in [-0.2, 0) is 5.54 Å². The molecule has 1 aliphatic rings. The molecule has 0 unspecified atom stereocenters. The highest BCUT2D eigenvalue weighted by Crippen LogP contribution is 2.43. The SMILES string of the molecule is NC1(c2c(F)ccc(F)c2Cl)CCC1. The van der Waals surface area contributed by atoms with E-state index in [1.54, 1.807) is 0 Å². The summed E-state index contributed by atoms with van der Waals surface area (Å²) in [6.07, 6.45) is 2.25. The lowest BCUT2D eigenvalue weighted by molar-refractivity contribution is 0.244. The summed E-state index contributed by atoms with van der Waals surface area (Å²) >= 11 is 5.70. The summed E-state index contributed by atoms with van der Waals surface area (Å²) < 4.78 is 26.5. The van der Waals surface area contributed by atoms with Crippen LogP contribution in [0.25, 0.3) is 0 Å². The highest BCUT2D eigenvalue weighted by Gasteiger charge is 2.39. The van der Waals surface area contributed by atoms with Crippen LogP contribution in [0.2, 0.25) is 5.02 Å². The minimum Gasteiger partial charge on any atom is -0.321 e. The molecule has 1 nitrogen and oxygen atoms in total. The third-order valence-electron chi connectivity index (χ3n) is 2.79. The van der Waals surface area contributed by atoms with E-state index in [0.717, 1.165) is 18.6 Å². The zero-order valence-electron chi connectivity index (χ0n) is 7.49. The number of halogens is 3. The molecule has 0 heterocycles. The first-order valence-corrected chi connectivity index (χ1v) is 4.85. The van der Waals surface area contributed by atoms with E-state index in [1.165, 1.54) is 0 Å². The van der Waals surface area contributed by atoms with Crippen molar-refractivity contribution >= 4 is 11.6 Å². The summed E-state index contributed by atoms with van der Waals surface area (Å²) in [5.74, 6) is -1.13. The van der Waals surface area contributed by atoms with Gasteiger partial charge in [0, 0.05) is 11.1 Å². The minimum atomic E-state index is -0.761. The Morgan fingerprint density at radius 3 is 2.29 bits per heavy atom. The van der Waals surface area contributed by atoms with Crippen LogP contribution < -0.4 is 5.73 Å². The van der Waals surface area contributed by atoms with Gasteiger partial charge in [-0.2, -0.15) is 0 Å². The normalized spacial score (nSPS) is 19.1. The monoisotopic (exact) mass is 217 g/mol. The van der Waals surface area contributed by atoms with Crippen molar-refractivity contribution in [1.82, 2.24) is 0 Å². The summed E-state index contributed by atoms with van der Waals surface area (Å²) in [6.45, 7) is 0. The topological polar surface area (TPSA) is 26.0 Å². The molecule has 0 aliphatic heterocycles. The lowest BCUT2D eigenvalue weighted by Crippen LogP contribution is -2.44. The third kappa shape index (κ3) is 1.31. The fourth-order valence-electron chi connectivity index (χ4n) is 1.79. The van der Waals surface area contributed by atoms with Crippen molar-refractivity contribution in [2.24, 2.45) is 5.73 Å². The Kier molecular flexibility index (Phi) is 2.24. The van der Waals surface area contributed by atoms with Crippen molar-refractivity contribution in [1.29, 1.82) is 0 Å². The maximum atomic E-state index is 13.4. The Balaban J connectivity index is 2.56. The lowest BCUT2D eigenvalue weighted by atomic mass is 9.72. The molecule has 76 valence electrons. The summed E-state index contributed by atoms with van der Waals surface area (Å²) in [7, 11) is 0. The van der Waals surface area contributed by atoms with Crippen LogP contribution in [0.4, 0.5) is 8.78 Å². The number of hydrogen-bond donors (Lipinski definition) is 1. The van der Waals surface area contributed by atoms with Crippen LogP contribution in [0.3, 0.4) is 0 Å². The predicted molar refractivity (Wildman–Crippen MR) is 51.1 cm³/mol. The molecule has 1 aliphatic carbocycles. The Hall–Kier alpha value is -0.670. The van der Waals surface area contributed by atoms with E-state index < -0.39 is 17.2 Å². The minimum absolute atomic E-state index is 0.130. The Morgan fingerprint density at radius 1 is 1.21 bits per heavy atom. The van der Waals surface area contributed by atoms with E-state index >= 15 is 0 Å². The molecule has 0 atom stereocenters. The van der Waals surface area contributed by atoms with Gasteiger partial charge in [0.25, 0.3) is 0 Å². The average Bonchev–Trinajstić information content (AvgIpc) is 2.09. The van der Waals surface area contributed by atoms with Crippen molar-refractivity contribution in [3.8, 4) is 0 Å². The highest BCUT2D eigenvalue weighted by molar-refractivity contribution is 6.31. The summed E-state index contributed by atoms with van der Waals surface area (Å²) in [4.78, 5) is 0. The molecule has 0 radical (unpaired) electrons. The summed E-state index contributed by atoms with van der Waals surface area (Å²) in [5.41, 5.74) is 5.27. The first-order valence-electron chi connectivity index (χ1n) is 4.47. The molecule has 1 fully saturated rings. The Bertz CT molecular complexity index is 375. The van der Waals surface area contributed by atoms with E-state index in [1.807, 2.05) is 0 Å². The van der Waals surface area contributed by atoms with Crippen molar-refractivity contribution < 1.29 is 8.78 Å². The first kappa shape index (κ1) is 9.87. The van der Waals surface area contributed by atoms with E-state index in [9.17, 15) is 8.78 Å². The van der Waals surface area contributed by atoms with Crippen molar-refractivity contribution in [2.75, 3.05) is 0 Å². The molecule has 0 saturated heterocycles. The standard InChI is InChI=1S/C10H10ClF2N/c11-9-7(13)3-2-6(12)8(9)10(14)4-1-5-10/h2-3H,1,4-5,14H2. The van der Waals surface area contributed by atoms with Gasteiger partial charge in [-0.15, -0.1) is 0 Å². The van der Waals surface area contributed by atoms with Gasteiger partial charge in [0.05, 0.1) is 5.02 Å². The second-order valence-electron chi connectivity index (χ2n) is 3.73. The summed E-state index contributed by atoms with van der Waals surface area (Å²) in [5, 5.41) is -0.174. The largest absolute Gasteiger partial charge is 0.321 e.